The van der Waals surface area contributed by atoms with Gasteiger partial charge in [-0.3, -0.25) is 9.59 Å². The van der Waals surface area contributed by atoms with E-state index in [1.165, 1.54) is 0 Å². The number of likely N-dealkylation sites (tertiary alicyclic amines) is 1. The Morgan fingerprint density at radius 1 is 1.56 bits per heavy atom. The van der Waals surface area contributed by atoms with Crippen LogP contribution in [0.1, 0.15) is 19.8 Å². The highest BCUT2D eigenvalue weighted by molar-refractivity contribution is 5.87. The first-order valence-electron chi connectivity index (χ1n) is 5.64. The van der Waals surface area contributed by atoms with Crippen molar-refractivity contribution in [2.45, 2.75) is 25.8 Å². The Balaban J connectivity index is 2.68. The first-order chi connectivity index (χ1) is 7.47. The number of amides is 1. The van der Waals surface area contributed by atoms with E-state index in [9.17, 15) is 9.59 Å². The van der Waals surface area contributed by atoms with Gasteiger partial charge in [-0.25, -0.2) is 0 Å². The average molecular weight is 228 g/mol. The van der Waals surface area contributed by atoms with E-state index in [0.717, 1.165) is 6.54 Å². The lowest BCUT2D eigenvalue weighted by Gasteiger charge is -2.27. The average Bonchev–Trinajstić information content (AvgIpc) is 2.51. The third-order valence-electron chi connectivity index (χ3n) is 3.10. The zero-order valence-electron chi connectivity index (χ0n) is 10.1. The van der Waals surface area contributed by atoms with Crippen LogP contribution in [-0.2, 0) is 9.59 Å². The zero-order valence-corrected chi connectivity index (χ0v) is 10.1. The van der Waals surface area contributed by atoms with E-state index in [-0.39, 0.29) is 18.4 Å². The van der Waals surface area contributed by atoms with Crippen molar-refractivity contribution in [3.63, 3.8) is 0 Å². The number of hydrogen-bond acceptors (Lipinski definition) is 3. The summed E-state index contributed by atoms with van der Waals surface area (Å²) >= 11 is 0. The molecule has 1 saturated heterocycles. The number of likely N-dealkylation sites (N-methyl/N-ethyl adjacent to an activating group) is 1. The van der Waals surface area contributed by atoms with Gasteiger partial charge in [-0.1, -0.05) is 6.92 Å². The molecule has 0 aromatic carbocycles. The second kappa shape index (κ2) is 5.30. The molecule has 1 N–H and O–H groups in total. The summed E-state index contributed by atoms with van der Waals surface area (Å²) in [5, 5.41) is 9.04. The third kappa shape index (κ3) is 2.72. The summed E-state index contributed by atoms with van der Waals surface area (Å²) in [6, 6.07) is -0.134. The van der Waals surface area contributed by atoms with Crippen molar-refractivity contribution < 1.29 is 14.7 Å². The second-order valence-electron chi connectivity index (χ2n) is 4.51. The van der Waals surface area contributed by atoms with Crippen molar-refractivity contribution in [1.82, 2.24) is 9.80 Å². The van der Waals surface area contributed by atoms with Crippen LogP contribution in [-0.4, -0.2) is 60.0 Å². The van der Waals surface area contributed by atoms with Gasteiger partial charge in [-0.05, 0) is 20.5 Å². The summed E-state index contributed by atoms with van der Waals surface area (Å²) in [5.41, 5.74) is 0. The summed E-state index contributed by atoms with van der Waals surface area (Å²) in [4.78, 5) is 26.4. The van der Waals surface area contributed by atoms with Crippen molar-refractivity contribution in [3.8, 4) is 0 Å². The van der Waals surface area contributed by atoms with E-state index in [2.05, 4.69) is 0 Å². The minimum Gasteiger partial charge on any atom is -0.481 e. The summed E-state index contributed by atoms with van der Waals surface area (Å²) < 4.78 is 0. The predicted molar refractivity (Wildman–Crippen MR) is 60.1 cm³/mol. The van der Waals surface area contributed by atoms with Crippen molar-refractivity contribution in [2.75, 3.05) is 27.2 Å². The fraction of sp³-hybridized carbons (Fsp3) is 0.818. The van der Waals surface area contributed by atoms with Gasteiger partial charge in [-0.15, -0.1) is 0 Å². The summed E-state index contributed by atoms with van der Waals surface area (Å²) in [6.07, 6.45) is 0.859. The SMILES string of the molecule is CC[C@@H]1[C@@H](C(=O)O)CC(=O)N1CCN(C)C. The Morgan fingerprint density at radius 3 is 2.62 bits per heavy atom. The molecule has 1 rings (SSSR count). The summed E-state index contributed by atoms with van der Waals surface area (Å²) in [7, 11) is 3.88. The number of nitrogens with zero attached hydrogens (tertiary/aromatic N) is 2. The molecule has 0 bridgehead atoms. The highest BCUT2D eigenvalue weighted by Gasteiger charge is 2.42. The van der Waals surface area contributed by atoms with Crippen LogP contribution in [0.3, 0.4) is 0 Å². The van der Waals surface area contributed by atoms with Gasteiger partial charge in [0, 0.05) is 25.6 Å². The second-order valence-corrected chi connectivity index (χ2v) is 4.51. The molecule has 1 amide bonds. The molecule has 2 atom stereocenters. The molecule has 5 nitrogen and oxygen atoms in total. The van der Waals surface area contributed by atoms with Gasteiger partial charge in [0.05, 0.1) is 5.92 Å². The van der Waals surface area contributed by atoms with Crippen LogP contribution in [0.5, 0.6) is 0 Å². The van der Waals surface area contributed by atoms with Gasteiger partial charge in [0.2, 0.25) is 5.91 Å². The molecule has 5 heteroatoms. The van der Waals surface area contributed by atoms with Crippen molar-refractivity contribution in [3.05, 3.63) is 0 Å². The number of carbonyl (C=O) groups is 2. The highest BCUT2D eigenvalue weighted by Crippen LogP contribution is 2.27. The van der Waals surface area contributed by atoms with Gasteiger partial charge in [0.15, 0.2) is 0 Å². The molecular formula is C11H20N2O3. The van der Waals surface area contributed by atoms with E-state index >= 15 is 0 Å². The summed E-state index contributed by atoms with van der Waals surface area (Å²) in [6.45, 7) is 3.32. The van der Waals surface area contributed by atoms with Crippen LogP contribution in [0.25, 0.3) is 0 Å². The molecule has 1 aliphatic heterocycles. The quantitative estimate of drug-likeness (QED) is 0.733. The third-order valence-corrected chi connectivity index (χ3v) is 3.10. The van der Waals surface area contributed by atoms with Gasteiger partial charge in [-0.2, -0.15) is 0 Å². The highest BCUT2D eigenvalue weighted by atomic mass is 16.4. The smallest absolute Gasteiger partial charge is 0.309 e. The van der Waals surface area contributed by atoms with Crippen LogP contribution >= 0.6 is 0 Å². The van der Waals surface area contributed by atoms with Crippen LogP contribution < -0.4 is 0 Å². The van der Waals surface area contributed by atoms with Gasteiger partial charge in [0.1, 0.15) is 0 Å². The molecule has 0 aromatic heterocycles. The Bertz CT molecular complexity index is 278. The van der Waals surface area contributed by atoms with E-state index < -0.39 is 11.9 Å². The zero-order chi connectivity index (χ0) is 12.3. The monoisotopic (exact) mass is 228 g/mol. The molecule has 0 radical (unpaired) electrons. The lowest BCUT2D eigenvalue weighted by Crippen LogP contribution is -2.40. The van der Waals surface area contributed by atoms with Gasteiger partial charge < -0.3 is 14.9 Å². The maximum atomic E-state index is 11.7. The van der Waals surface area contributed by atoms with Crippen LogP contribution in [0.4, 0.5) is 0 Å². The fourth-order valence-corrected chi connectivity index (χ4v) is 2.20. The Morgan fingerprint density at radius 2 is 2.19 bits per heavy atom. The van der Waals surface area contributed by atoms with Crippen LogP contribution in [0, 0.1) is 5.92 Å². The molecule has 0 unspecified atom stereocenters. The molecule has 16 heavy (non-hydrogen) atoms. The lowest BCUT2D eigenvalue weighted by atomic mass is 9.98. The van der Waals surface area contributed by atoms with Crippen LogP contribution in [0.15, 0.2) is 0 Å². The van der Waals surface area contributed by atoms with E-state index in [1.54, 1.807) is 4.90 Å². The van der Waals surface area contributed by atoms with Crippen molar-refractivity contribution >= 4 is 11.9 Å². The van der Waals surface area contributed by atoms with Crippen LogP contribution in [0.2, 0.25) is 0 Å². The topological polar surface area (TPSA) is 60.9 Å². The van der Waals surface area contributed by atoms with Gasteiger partial charge in [0.25, 0.3) is 0 Å². The maximum Gasteiger partial charge on any atom is 0.309 e. The van der Waals surface area contributed by atoms with Crippen molar-refractivity contribution in [1.29, 1.82) is 0 Å². The Hall–Kier alpha value is -1.10. The number of carbonyl (C=O) groups excluding carboxylic acids is 1. The number of aliphatic carboxylic acids is 1. The molecule has 1 aliphatic rings. The molecule has 0 aromatic rings. The van der Waals surface area contributed by atoms with Crippen molar-refractivity contribution in [2.24, 2.45) is 5.92 Å². The molecule has 92 valence electrons. The first kappa shape index (κ1) is 13.0. The standard InChI is InChI=1S/C11H20N2O3/c1-4-9-8(11(15)16)7-10(14)13(9)6-5-12(2)3/h8-9H,4-7H2,1-3H3,(H,15,16)/t8-,9+/m0/s1. The molecule has 0 aliphatic carbocycles. The number of rotatable bonds is 5. The molecule has 1 fully saturated rings. The minimum absolute atomic E-state index is 0.0268. The molecule has 1 heterocycles. The number of carboxylic acid groups (broad SMARTS) is 1. The maximum absolute atomic E-state index is 11.7. The first-order valence-corrected chi connectivity index (χ1v) is 5.64. The van der Waals surface area contributed by atoms with Gasteiger partial charge >= 0.3 is 5.97 Å². The fourth-order valence-electron chi connectivity index (χ4n) is 2.20. The predicted octanol–water partition coefficient (Wildman–Crippen LogP) is 0.260. The molecule has 0 spiro atoms. The summed E-state index contributed by atoms with van der Waals surface area (Å²) in [5.74, 6) is -1.41. The Kier molecular flexibility index (Phi) is 4.29. The molecule has 0 saturated carbocycles. The number of carboxylic acids is 1. The Labute approximate surface area is 96.0 Å². The number of hydrogen-bond donors (Lipinski definition) is 1. The van der Waals surface area contributed by atoms with E-state index in [0.29, 0.717) is 13.0 Å². The normalized spacial score (nSPS) is 25.5. The van der Waals surface area contributed by atoms with E-state index in [1.807, 2.05) is 25.9 Å². The van der Waals surface area contributed by atoms with E-state index in [4.69, 9.17) is 5.11 Å². The minimum atomic E-state index is -0.854. The largest absolute Gasteiger partial charge is 0.481 e. The lowest BCUT2D eigenvalue weighted by molar-refractivity contribution is -0.142. The molecular weight excluding hydrogens is 208 g/mol.